The minimum absolute atomic E-state index is 0.0204. The van der Waals surface area contributed by atoms with Gasteiger partial charge in [0.1, 0.15) is 5.75 Å². The highest BCUT2D eigenvalue weighted by molar-refractivity contribution is 8.13. The van der Waals surface area contributed by atoms with Crippen LogP contribution in [0.2, 0.25) is 0 Å². The fourth-order valence-corrected chi connectivity index (χ4v) is 2.83. The van der Waals surface area contributed by atoms with Gasteiger partial charge in [0.25, 0.3) is 9.05 Å². The van der Waals surface area contributed by atoms with E-state index in [1.54, 1.807) is 30.3 Å². The molecule has 0 unspecified atom stereocenters. The zero-order chi connectivity index (χ0) is 14.8. The van der Waals surface area contributed by atoms with Crippen molar-refractivity contribution in [1.29, 1.82) is 0 Å². The molecule has 0 atom stereocenters. The normalized spacial score (nSPS) is 11.1. The Hall–Kier alpha value is -1.85. The van der Waals surface area contributed by atoms with Gasteiger partial charge in [-0.25, -0.2) is 8.42 Å². The Balaban J connectivity index is 2.60. The molecule has 4 nitrogen and oxygen atoms in total. The van der Waals surface area contributed by atoms with Crippen molar-refractivity contribution in [1.82, 2.24) is 0 Å². The maximum atomic E-state index is 12.3. The average molecular weight is 311 g/mol. The topological polar surface area (TPSA) is 60.4 Å². The predicted octanol–water partition coefficient (Wildman–Crippen LogP) is 2.85. The molecule has 20 heavy (non-hydrogen) atoms. The van der Waals surface area contributed by atoms with Crippen molar-refractivity contribution in [2.75, 3.05) is 7.11 Å². The maximum Gasteiger partial charge on any atom is 0.262 e. The monoisotopic (exact) mass is 310 g/mol. The minimum Gasteiger partial charge on any atom is -0.497 e. The first-order valence-corrected chi connectivity index (χ1v) is 7.97. The first kappa shape index (κ1) is 14.6. The number of benzene rings is 2. The fraction of sp³-hybridized carbons (Fsp3) is 0.0714. The third-order valence-corrected chi connectivity index (χ3v) is 4.09. The molecule has 2 aromatic carbocycles. The molecular formula is C14H11ClO4S. The van der Waals surface area contributed by atoms with E-state index in [1.807, 2.05) is 0 Å². The van der Waals surface area contributed by atoms with E-state index in [9.17, 15) is 13.2 Å². The van der Waals surface area contributed by atoms with Crippen LogP contribution in [0, 0.1) is 0 Å². The van der Waals surface area contributed by atoms with Crippen LogP contribution in [0.3, 0.4) is 0 Å². The van der Waals surface area contributed by atoms with Gasteiger partial charge in [-0.15, -0.1) is 0 Å². The third-order valence-electron chi connectivity index (χ3n) is 2.73. The Labute approximate surface area is 121 Å². The molecule has 0 bridgehead atoms. The lowest BCUT2D eigenvalue weighted by Crippen LogP contribution is -2.07. The summed E-state index contributed by atoms with van der Waals surface area (Å²) in [6.45, 7) is 0. The summed E-state index contributed by atoms with van der Waals surface area (Å²) in [4.78, 5) is 12.1. The van der Waals surface area contributed by atoms with Crippen molar-refractivity contribution in [2.24, 2.45) is 0 Å². The smallest absolute Gasteiger partial charge is 0.262 e. The van der Waals surface area contributed by atoms with E-state index in [0.717, 1.165) is 0 Å². The van der Waals surface area contributed by atoms with Gasteiger partial charge in [0.15, 0.2) is 5.78 Å². The van der Waals surface area contributed by atoms with E-state index in [1.165, 1.54) is 25.3 Å². The second-order valence-electron chi connectivity index (χ2n) is 4.00. The number of carbonyl (C=O) groups is 1. The van der Waals surface area contributed by atoms with E-state index >= 15 is 0 Å². The van der Waals surface area contributed by atoms with Crippen LogP contribution in [0.1, 0.15) is 15.9 Å². The van der Waals surface area contributed by atoms with Crippen LogP contribution in [0.25, 0.3) is 0 Å². The molecule has 0 N–H and O–H groups in total. The molecule has 6 heteroatoms. The van der Waals surface area contributed by atoms with Crippen LogP contribution >= 0.6 is 10.7 Å². The van der Waals surface area contributed by atoms with Crippen LogP contribution in [-0.2, 0) is 9.05 Å². The van der Waals surface area contributed by atoms with Gasteiger partial charge in [-0.05, 0) is 12.1 Å². The summed E-state index contributed by atoms with van der Waals surface area (Å²) in [5, 5.41) is 0. The van der Waals surface area contributed by atoms with Gasteiger partial charge in [-0.3, -0.25) is 4.79 Å². The second kappa shape index (κ2) is 5.64. The molecule has 2 rings (SSSR count). The van der Waals surface area contributed by atoms with E-state index in [-0.39, 0.29) is 10.5 Å². The number of halogens is 1. The molecular weight excluding hydrogens is 300 g/mol. The molecule has 2 aromatic rings. The number of hydrogen-bond donors (Lipinski definition) is 0. The molecule has 0 saturated heterocycles. The lowest BCUT2D eigenvalue weighted by atomic mass is 10.0. The Kier molecular flexibility index (Phi) is 4.11. The zero-order valence-electron chi connectivity index (χ0n) is 10.5. The Morgan fingerprint density at radius 3 is 2.30 bits per heavy atom. The molecule has 104 valence electrons. The Morgan fingerprint density at radius 2 is 1.75 bits per heavy atom. The van der Waals surface area contributed by atoms with E-state index in [4.69, 9.17) is 15.4 Å². The van der Waals surface area contributed by atoms with Crippen LogP contribution in [0.4, 0.5) is 0 Å². The quantitative estimate of drug-likeness (QED) is 0.643. The third kappa shape index (κ3) is 3.00. The first-order chi connectivity index (χ1) is 9.43. The number of methoxy groups -OCH3 is 1. The molecule has 0 aliphatic carbocycles. The van der Waals surface area contributed by atoms with Crippen molar-refractivity contribution in [3.8, 4) is 5.75 Å². The summed E-state index contributed by atoms with van der Waals surface area (Å²) in [7, 11) is 2.74. The van der Waals surface area contributed by atoms with Crippen LogP contribution in [0.5, 0.6) is 5.75 Å². The molecule has 0 radical (unpaired) electrons. The summed E-state index contributed by atoms with van der Waals surface area (Å²) in [5.41, 5.74) is 0.409. The Bertz CT molecular complexity index is 739. The predicted molar refractivity (Wildman–Crippen MR) is 75.9 cm³/mol. The van der Waals surface area contributed by atoms with Gasteiger partial charge in [0, 0.05) is 27.9 Å². The van der Waals surface area contributed by atoms with Gasteiger partial charge < -0.3 is 4.74 Å². The number of hydrogen-bond acceptors (Lipinski definition) is 4. The van der Waals surface area contributed by atoms with Crippen LogP contribution in [0.15, 0.2) is 53.4 Å². The van der Waals surface area contributed by atoms with Crippen LogP contribution < -0.4 is 4.74 Å². The van der Waals surface area contributed by atoms with Gasteiger partial charge in [0.2, 0.25) is 0 Å². The number of rotatable bonds is 4. The van der Waals surface area contributed by atoms with Crippen molar-refractivity contribution in [3.05, 3.63) is 59.7 Å². The molecule has 0 spiro atoms. The molecule has 0 aliphatic heterocycles. The summed E-state index contributed by atoms with van der Waals surface area (Å²) in [6, 6.07) is 12.5. The minimum atomic E-state index is -4.05. The van der Waals surface area contributed by atoms with Crippen molar-refractivity contribution < 1.29 is 17.9 Å². The number of carbonyl (C=O) groups excluding carboxylic acids is 1. The van der Waals surface area contributed by atoms with Crippen LogP contribution in [-0.4, -0.2) is 21.3 Å². The lowest BCUT2D eigenvalue weighted by molar-refractivity contribution is 0.103. The van der Waals surface area contributed by atoms with Gasteiger partial charge in [-0.1, -0.05) is 30.3 Å². The van der Waals surface area contributed by atoms with Crippen molar-refractivity contribution >= 4 is 25.5 Å². The van der Waals surface area contributed by atoms with Crippen molar-refractivity contribution in [2.45, 2.75) is 4.90 Å². The molecule has 0 aromatic heterocycles. The molecule has 0 heterocycles. The fourth-order valence-electron chi connectivity index (χ4n) is 1.76. The van der Waals surface area contributed by atoms with E-state index in [2.05, 4.69) is 0 Å². The van der Waals surface area contributed by atoms with Gasteiger partial charge >= 0.3 is 0 Å². The van der Waals surface area contributed by atoms with E-state index in [0.29, 0.717) is 11.3 Å². The number of ether oxygens (including phenoxy) is 1. The highest BCUT2D eigenvalue weighted by atomic mass is 35.7. The highest BCUT2D eigenvalue weighted by Crippen LogP contribution is 2.27. The summed E-state index contributed by atoms with van der Waals surface area (Å²) < 4.78 is 28.2. The summed E-state index contributed by atoms with van der Waals surface area (Å²) in [6.07, 6.45) is 0. The molecule has 0 amide bonds. The lowest BCUT2D eigenvalue weighted by Gasteiger charge is -2.08. The number of ketones is 1. The van der Waals surface area contributed by atoms with Crippen molar-refractivity contribution in [3.63, 3.8) is 0 Å². The molecule has 0 saturated carbocycles. The molecule has 0 fully saturated rings. The van der Waals surface area contributed by atoms with Gasteiger partial charge in [-0.2, -0.15) is 0 Å². The standard InChI is InChI=1S/C14H11ClO4S/c1-19-11-7-8-12(13(9-11)20(15,17)18)14(16)10-5-3-2-4-6-10/h2-9H,1H3. The first-order valence-electron chi connectivity index (χ1n) is 5.66. The zero-order valence-corrected chi connectivity index (χ0v) is 12.1. The SMILES string of the molecule is COc1ccc(C(=O)c2ccccc2)c(S(=O)(=O)Cl)c1. The largest absolute Gasteiger partial charge is 0.497 e. The summed E-state index contributed by atoms with van der Waals surface area (Å²) in [5.74, 6) is -0.0960. The highest BCUT2D eigenvalue weighted by Gasteiger charge is 2.22. The van der Waals surface area contributed by atoms with E-state index < -0.39 is 14.8 Å². The molecule has 0 aliphatic rings. The average Bonchev–Trinajstić information content (AvgIpc) is 2.46. The maximum absolute atomic E-state index is 12.3. The van der Waals surface area contributed by atoms with Gasteiger partial charge in [0.05, 0.1) is 12.0 Å². The second-order valence-corrected chi connectivity index (χ2v) is 6.53. The Morgan fingerprint density at radius 1 is 1.10 bits per heavy atom. The summed E-state index contributed by atoms with van der Waals surface area (Å²) >= 11 is 0.